The molecule has 1 aliphatic rings. The summed E-state index contributed by atoms with van der Waals surface area (Å²) in [6.45, 7) is 10.2. The summed E-state index contributed by atoms with van der Waals surface area (Å²) in [6, 6.07) is 15.0. The normalized spacial score (nSPS) is 16.0. The third kappa shape index (κ3) is 5.73. The quantitative estimate of drug-likeness (QED) is 0.413. The van der Waals surface area contributed by atoms with Crippen LogP contribution in [0.25, 0.3) is 0 Å². The number of hydrogen-bond acceptors (Lipinski definition) is 2. The number of carbonyl (C=O) groups is 1. The monoisotopic (exact) mass is 470 g/mol. The molecule has 0 N–H and O–H groups in total. The van der Waals surface area contributed by atoms with Crippen molar-refractivity contribution in [2.75, 3.05) is 19.6 Å². The van der Waals surface area contributed by atoms with Crippen molar-refractivity contribution in [2.45, 2.75) is 65.5 Å². The summed E-state index contributed by atoms with van der Waals surface area (Å²) in [5.74, 6) is 0.154. The minimum atomic E-state index is 0.154. The maximum absolute atomic E-state index is 13.5. The molecule has 0 bridgehead atoms. The predicted octanol–water partition coefficient (Wildman–Crippen LogP) is 6.09. The van der Waals surface area contributed by atoms with Crippen molar-refractivity contribution in [1.82, 2.24) is 9.80 Å². The molecule has 0 spiro atoms. The molecule has 162 valence electrons. The van der Waals surface area contributed by atoms with E-state index in [4.69, 9.17) is 0 Å². The summed E-state index contributed by atoms with van der Waals surface area (Å²) in [7, 11) is 0. The van der Waals surface area contributed by atoms with Crippen LogP contribution in [0.1, 0.15) is 67.1 Å². The number of halogens is 1. The molecular weight excluding hydrogens is 436 g/mol. The molecule has 1 amide bonds. The van der Waals surface area contributed by atoms with Crippen molar-refractivity contribution >= 4 is 21.8 Å². The molecule has 0 radical (unpaired) electrons. The standard InChI is InChI=1S/C26H35BrN2O/c1-4-7-8-9-20-10-12-21(13-11-20)26(30)29-18-22-14-15-24(27)16-23(22)17-25(29)19-28(5-2)6-3/h10-16,25H,4-9,17-19H2,1-3H3/t25-/m1/s1. The number of rotatable bonds is 9. The predicted molar refractivity (Wildman–Crippen MR) is 129 cm³/mol. The highest BCUT2D eigenvalue weighted by atomic mass is 79.9. The van der Waals surface area contributed by atoms with Crippen LogP contribution in [0.15, 0.2) is 46.9 Å². The van der Waals surface area contributed by atoms with E-state index in [0.717, 1.165) is 42.5 Å². The van der Waals surface area contributed by atoms with Gasteiger partial charge in [0.1, 0.15) is 0 Å². The largest absolute Gasteiger partial charge is 0.330 e. The first-order valence-electron chi connectivity index (χ1n) is 11.4. The molecular formula is C26H35BrN2O. The van der Waals surface area contributed by atoms with Gasteiger partial charge in [0.25, 0.3) is 5.91 Å². The van der Waals surface area contributed by atoms with Gasteiger partial charge in [0.15, 0.2) is 0 Å². The minimum Gasteiger partial charge on any atom is -0.330 e. The first-order valence-corrected chi connectivity index (χ1v) is 12.2. The molecule has 30 heavy (non-hydrogen) atoms. The van der Waals surface area contributed by atoms with Crippen LogP contribution < -0.4 is 0 Å². The summed E-state index contributed by atoms with van der Waals surface area (Å²) in [6.07, 6.45) is 5.72. The Balaban J connectivity index is 1.80. The number of benzene rings is 2. The van der Waals surface area contributed by atoms with E-state index in [1.807, 2.05) is 12.1 Å². The average Bonchev–Trinajstić information content (AvgIpc) is 2.77. The zero-order valence-corrected chi connectivity index (χ0v) is 20.2. The van der Waals surface area contributed by atoms with Crippen LogP contribution in [0.5, 0.6) is 0 Å². The van der Waals surface area contributed by atoms with Crippen LogP contribution in [-0.4, -0.2) is 41.4 Å². The third-order valence-electron chi connectivity index (χ3n) is 6.30. The van der Waals surface area contributed by atoms with E-state index in [2.05, 4.69) is 76.8 Å². The second-order valence-electron chi connectivity index (χ2n) is 8.34. The molecule has 1 heterocycles. The topological polar surface area (TPSA) is 23.6 Å². The van der Waals surface area contributed by atoms with Crippen LogP contribution in [0.2, 0.25) is 0 Å². The Kier molecular flexibility index (Phi) is 8.52. The molecule has 2 aromatic rings. The van der Waals surface area contributed by atoms with E-state index in [1.54, 1.807) is 0 Å². The molecule has 0 unspecified atom stereocenters. The molecule has 0 aliphatic carbocycles. The lowest BCUT2D eigenvalue weighted by atomic mass is 9.92. The van der Waals surface area contributed by atoms with Gasteiger partial charge in [-0.15, -0.1) is 0 Å². The van der Waals surface area contributed by atoms with Gasteiger partial charge in [0.2, 0.25) is 0 Å². The zero-order chi connectivity index (χ0) is 21.5. The second kappa shape index (κ2) is 11.1. The van der Waals surface area contributed by atoms with Gasteiger partial charge in [-0.05, 0) is 73.3 Å². The fraction of sp³-hybridized carbons (Fsp3) is 0.500. The highest BCUT2D eigenvalue weighted by molar-refractivity contribution is 9.10. The Hall–Kier alpha value is -1.65. The summed E-state index contributed by atoms with van der Waals surface area (Å²) < 4.78 is 1.11. The van der Waals surface area contributed by atoms with Crippen molar-refractivity contribution in [2.24, 2.45) is 0 Å². The summed E-state index contributed by atoms with van der Waals surface area (Å²) >= 11 is 3.61. The molecule has 3 rings (SSSR count). The number of aryl methyl sites for hydroxylation is 1. The maximum Gasteiger partial charge on any atom is 0.254 e. The number of amides is 1. The molecule has 0 saturated carbocycles. The fourth-order valence-corrected chi connectivity index (χ4v) is 4.76. The molecule has 0 fully saturated rings. The SMILES string of the molecule is CCCCCc1ccc(C(=O)N2Cc3ccc(Br)cc3C[C@@H]2CN(CC)CC)cc1. The Bertz CT molecular complexity index is 829. The van der Waals surface area contributed by atoms with Crippen molar-refractivity contribution in [1.29, 1.82) is 0 Å². The molecule has 0 aromatic heterocycles. The van der Waals surface area contributed by atoms with E-state index in [0.29, 0.717) is 6.54 Å². The lowest BCUT2D eigenvalue weighted by Crippen LogP contribution is -2.50. The molecule has 4 heteroatoms. The lowest BCUT2D eigenvalue weighted by Gasteiger charge is -2.39. The highest BCUT2D eigenvalue weighted by Crippen LogP contribution is 2.28. The van der Waals surface area contributed by atoms with Crippen LogP contribution in [0.3, 0.4) is 0 Å². The number of carbonyl (C=O) groups excluding carboxylic acids is 1. The van der Waals surface area contributed by atoms with Crippen LogP contribution in [-0.2, 0) is 19.4 Å². The van der Waals surface area contributed by atoms with Crippen LogP contribution in [0.4, 0.5) is 0 Å². The number of likely N-dealkylation sites (N-methyl/N-ethyl adjacent to an activating group) is 1. The van der Waals surface area contributed by atoms with Gasteiger partial charge in [-0.1, -0.05) is 67.7 Å². The van der Waals surface area contributed by atoms with Gasteiger partial charge >= 0.3 is 0 Å². The summed E-state index contributed by atoms with van der Waals surface area (Å²) in [5.41, 5.74) is 4.75. The minimum absolute atomic E-state index is 0.154. The second-order valence-corrected chi connectivity index (χ2v) is 9.26. The van der Waals surface area contributed by atoms with Gasteiger partial charge in [-0.2, -0.15) is 0 Å². The van der Waals surface area contributed by atoms with Gasteiger partial charge in [-0.3, -0.25) is 4.79 Å². The first kappa shape index (κ1) is 23.0. The average molecular weight is 471 g/mol. The first-order chi connectivity index (χ1) is 14.5. The Morgan fingerprint density at radius 1 is 1.03 bits per heavy atom. The Morgan fingerprint density at radius 2 is 1.77 bits per heavy atom. The third-order valence-corrected chi connectivity index (χ3v) is 6.79. The van der Waals surface area contributed by atoms with E-state index in [9.17, 15) is 4.79 Å². The van der Waals surface area contributed by atoms with Crippen LogP contribution >= 0.6 is 15.9 Å². The lowest BCUT2D eigenvalue weighted by molar-refractivity contribution is 0.0586. The number of fused-ring (bicyclic) bond motifs is 1. The smallest absolute Gasteiger partial charge is 0.254 e. The number of hydrogen-bond donors (Lipinski definition) is 0. The van der Waals surface area contributed by atoms with Crippen molar-refractivity contribution in [3.05, 3.63) is 69.2 Å². The van der Waals surface area contributed by atoms with Crippen molar-refractivity contribution < 1.29 is 4.79 Å². The molecule has 1 atom stereocenters. The van der Waals surface area contributed by atoms with Crippen molar-refractivity contribution in [3.63, 3.8) is 0 Å². The fourth-order valence-electron chi connectivity index (χ4n) is 4.35. The van der Waals surface area contributed by atoms with Gasteiger partial charge in [0, 0.05) is 29.2 Å². The van der Waals surface area contributed by atoms with E-state index >= 15 is 0 Å². The number of nitrogens with zero attached hydrogens (tertiary/aromatic N) is 2. The zero-order valence-electron chi connectivity index (χ0n) is 18.7. The van der Waals surface area contributed by atoms with Crippen molar-refractivity contribution in [3.8, 4) is 0 Å². The van der Waals surface area contributed by atoms with Gasteiger partial charge in [-0.25, -0.2) is 0 Å². The van der Waals surface area contributed by atoms with E-state index in [1.165, 1.54) is 36.0 Å². The Morgan fingerprint density at radius 3 is 2.43 bits per heavy atom. The van der Waals surface area contributed by atoms with Crippen LogP contribution in [0, 0.1) is 0 Å². The maximum atomic E-state index is 13.5. The van der Waals surface area contributed by atoms with E-state index < -0.39 is 0 Å². The molecule has 2 aromatic carbocycles. The summed E-state index contributed by atoms with van der Waals surface area (Å²) in [5, 5.41) is 0. The molecule has 0 saturated heterocycles. The summed E-state index contributed by atoms with van der Waals surface area (Å²) in [4.78, 5) is 18.0. The Labute approximate surface area is 190 Å². The van der Waals surface area contributed by atoms with Gasteiger partial charge < -0.3 is 9.80 Å². The van der Waals surface area contributed by atoms with Gasteiger partial charge in [0.05, 0.1) is 0 Å². The molecule has 1 aliphatic heterocycles. The van der Waals surface area contributed by atoms with E-state index in [-0.39, 0.29) is 11.9 Å². The number of unbranched alkanes of at least 4 members (excludes halogenated alkanes) is 2. The highest BCUT2D eigenvalue weighted by Gasteiger charge is 2.31. The molecule has 3 nitrogen and oxygen atoms in total.